The lowest BCUT2D eigenvalue weighted by Gasteiger charge is -2.12. The van der Waals surface area contributed by atoms with Crippen LogP contribution in [0, 0.1) is 6.92 Å². The molecule has 0 saturated carbocycles. The van der Waals surface area contributed by atoms with Crippen molar-refractivity contribution in [1.29, 1.82) is 0 Å². The van der Waals surface area contributed by atoms with Gasteiger partial charge in [-0.15, -0.1) is 11.3 Å². The molecule has 1 atom stereocenters. The van der Waals surface area contributed by atoms with Crippen LogP contribution in [0.15, 0.2) is 29.6 Å². The number of carbonyl (C=O) groups excluding carboxylic acids is 1. The minimum absolute atomic E-state index is 0.109. The number of rotatable bonds is 4. The van der Waals surface area contributed by atoms with Gasteiger partial charge in [0.15, 0.2) is 5.13 Å². The Morgan fingerprint density at radius 3 is 2.75 bits per heavy atom. The number of anilines is 1. The van der Waals surface area contributed by atoms with Crippen molar-refractivity contribution in [3.8, 4) is 0 Å². The highest BCUT2D eigenvalue weighted by Crippen LogP contribution is 2.16. The topological polar surface area (TPSA) is 74.2 Å². The summed E-state index contributed by atoms with van der Waals surface area (Å²) in [5.41, 5.74) is 1.55. The van der Waals surface area contributed by atoms with E-state index in [1.807, 2.05) is 12.3 Å². The molecule has 0 aliphatic rings. The van der Waals surface area contributed by atoms with Crippen LogP contribution in [-0.2, 0) is 0 Å². The molecule has 0 saturated heterocycles. The molecule has 3 N–H and O–H groups in total. The summed E-state index contributed by atoms with van der Waals surface area (Å²) < 4.78 is 0. The van der Waals surface area contributed by atoms with E-state index < -0.39 is 12.1 Å². The van der Waals surface area contributed by atoms with Crippen LogP contribution in [0.1, 0.15) is 17.4 Å². The number of aliphatic hydroxyl groups is 1. The Morgan fingerprint density at radius 1 is 1.45 bits per heavy atom. The highest BCUT2D eigenvalue weighted by molar-refractivity contribution is 7.13. The molecular weight excluding hydrogens is 298 g/mol. The number of carbonyl (C=O) groups is 1. The van der Waals surface area contributed by atoms with Crippen molar-refractivity contribution in [2.75, 3.05) is 11.9 Å². The number of hydrogen-bond acceptors (Lipinski definition) is 4. The van der Waals surface area contributed by atoms with E-state index in [-0.39, 0.29) is 6.54 Å². The summed E-state index contributed by atoms with van der Waals surface area (Å²) in [4.78, 5) is 15.7. The van der Waals surface area contributed by atoms with Gasteiger partial charge in [0.05, 0.1) is 11.8 Å². The molecule has 1 unspecified atom stereocenters. The number of hydrogen-bond donors (Lipinski definition) is 3. The van der Waals surface area contributed by atoms with Gasteiger partial charge in [-0.05, 0) is 24.6 Å². The molecule has 7 heteroatoms. The summed E-state index contributed by atoms with van der Waals surface area (Å²) in [5, 5.41) is 18.1. The van der Waals surface area contributed by atoms with Crippen LogP contribution in [0.5, 0.6) is 0 Å². The number of aliphatic hydroxyl groups excluding tert-OH is 1. The molecule has 2 amide bonds. The van der Waals surface area contributed by atoms with Crippen molar-refractivity contribution in [2.24, 2.45) is 0 Å². The van der Waals surface area contributed by atoms with Gasteiger partial charge in [0.1, 0.15) is 0 Å². The van der Waals surface area contributed by atoms with Crippen molar-refractivity contribution in [3.63, 3.8) is 0 Å². The zero-order valence-corrected chi connectivity index (χ0v) is 12.3. The maximum Gasteiger partial charge on any atom is 0.321 e. The van der Waals surface area contributed by atoms with E-state index in [9.17, 15) is 9.90 Å². The first-order valence-corrected chi connectivity index (χ1v) is 7.21. The second-order valence-electron chi connectivity index (χ2n) is 4.20. The van der Waals surface area contributed by atoms with E-state index in [2.05, 4.69) is 15.6 Å². The van der Waals surface area contributed by atoms with E-state index in [1.165, 1.54) is 11.3 Å². The van der Waals surface area contributed by atoms with Crippen LogP contribution in [0.2, 0.25) is 5.02 Å². The number of aromatic nitrogens is 1. The molecule has 0 aliphatic carbocycles. The molecule has 0 fully saturated rings. The first-order valence-electron chi connectivity index (χ1n) is 5.95. The fraction of sp³-hybridized carbons (Fsp3) is 0.231. The Kier molecular flexibility index (Phi) is 4.94. The standard InChI is InChI=1S/C13H14ClN3O2S/c1-8-7-20-13(16-8)17-12(19)15-6-11(18)9-2-4-10(14)5-3-9/h2-5,7,11,18H,6H2,1H3,(H2,15,16,17,19). The number of aryl methyl sites for hydroxylation is 1. The smallest absolute Gasteiger partial charge is 0.321 e. The van der Waals surface area contributed by atoms with E-state index >= 15 is 0 Å². The highest BCUT2D eigenvalue weighted by atomic mass is 35.5. The van der Waals surface area contributed by atoms with Crippen LogP contribution >= 0.6 is 22.9 Å². The summed E-state index contributed by atoms with van der Waals surface area (Å²) in [6.07, 6.45) is -0.781. The van der Waals surface area contributed by atoms with Gasteiger partial charge in [-0.3, -0.25) is 5.32 Å². The number of amides is 2. The maximum atomic E-state index is 11.6. The van der Waals surface area contributed by atoms with Gasteiger partial charge in [-0.1, -0.05) is 23.7 Å². The molecule has 0 bridgehead atoms. The predicted octanol–water partition coefficient (Wildman–Crippen LogP) is 2.96. The van der Waals surface area contributed by atoms with Crippen molar-refractivity contribution in [3.05, 3.63) is 45.9 Å². The molecule has 106 valence electrons. The van der Waals surface area contributed by atoms with Crippen molar-refractivity contribution >= 4 is 34.1 Å². The monoisotopic (exact) mass is 311 g/mol. The molecule has 0 spiro atoms. The molecule has 2 rings (SSSR count). The maximum absolute atomic E-state index is 11.6. The number of thiazole rings is 1. The second-order valence-corrected chi connectivity index (χ2v) is 5.49. The van der Waals surface area contributed by atoms with Crippen LogP contribution in [0.3, 0.4) is 0 Å². The third kappa shape index (κ3) is 4.19. The second kappa shape index (κ2) is 6.69. The van der Waals surface area contributed by atoms with Gasteiger partial charge in [0.25, 0.3) is 0 Å². The zero-order chi connectivity index (χ0) is 14.5. The van der Waals surface area contributed by atoms with Gasteiger partial charge in [0.2, 0.25) is 0 Å². The zero-order valence-electron chi connectivity index (χ0n) is 10.8. The minimum atomic E-state index is -0.781. The van der Waals surface area contributed by atoms with E-state index in [1.54, 1.807) is 24.3 Å². The van der Waals surface area contributed by atoms with Gasteiger partial charge >= 0.3 is 6.03 Å². The first-order chi connectivity index (χ1) is 9.54. The minimum Gasteiger partial charge on any atom is -0.387 e. The Balaban J connectivity index is 1.82. The average Bonchev–Trinajstić information content (AvgIpc) is 2.82. The van der Waals surface area contributed by atoms with E-state index in [4.69, 9.17) is 11.6 Å². The number of halogens is 1. The van der Waals surface area contributed by atoms with Crippen molar-refractivity contribution in [2.45, 2.75) is 13.0 Å². The molecule has 1 aromatic heterocycles. The van der Waals surface area contributed by atoms with E-state index in [0.717, 1.165) is 5.69 Å². The largest absolute Gasteiger partial charge is 0.387 e. The van der Waals surface area contributed by atoms with Crippen LogP contribution in [-0.4, -0.2) is 22.7 Å². The highest BCUT2D eigenvalue weighted by Gasteiger charge is 2.10. The van der Waals surface area contributed by atoms with Crippen molar-refractivity contribution in [1.82, 2.24) is 10.3 Å². The Labute approximate surface area is 125 Å². The lowest BCUT2D eigenvalue weighted by Crippen LogP contribution is -2.32. The van der Waals surface area contributed by atoms with Crippen LogP contribution in [0.25, 0.3) is 0 Å². The molecular formula is C13H14ClN3O2S. The third-order valence-electron chi connectivity index (χ3n) is 2.55. The molecule has 0 radical (unpaired) electrons. The summed E-state index contributed by atoms with van der Waals surface area (Å²) in [6.45, 7) is 1.96. The third-order valence-corrected chi connectivity index (χ3v) is 3.68. The average molecular weight is 312 g/mol. The Morgan fingerprint density at radius 2 is 2.15 bits per heavy atom. The summed E-state index contributed by atoms with van der Waals surface area (Å²) >= 11 is 7.12. The fourth-order valence-corrected chi connectivity index (χ4v) is 2.35. The van der Waals surface area contributed by atoms with Gasteiger partial charge < -0.3 is 10.4 Å². The summed E-state index contributed by atoms with van der Waals surface area (Å²) in [7, 11) is 0. The Bertz CT molecular complexity index is 586. The molecule has 20 heavy (non-hydrogen) atoms. The number of nitrogens with one attached hydrogen (secondary N) is 2. The molecule has 0 aliphatic heterocycles. The first kappa shape index (κ1) is 14.8. The normalized spacial score (nSPS) is 11.9. The molecule has 2 aromatic rings. The lowest BCUT2D eigenvalue weighted by atomic mass is 10.1. The molecule has 1 heterocycles. The summed E-state index contributed by atoms with van der Waals surface area (Å²) in [6, 6.07) is 6.43. The number of urea groups is 1. The Hall–Kier alpha value is -1.63. The number of benzene rings is 1. The van der Waals surface area contributed by atoms with E-state index in [0.29, 0.717) is 15.7 Å². The summed E-state index contributed by atoms with van der Waals surface area (Å²) in [5.74, 6) is 0. The van der Waals surface area contributed by atoms with Crippen LogP contribution in [0.4, 0.5) is 9.93 Å². The van der Waals surface area contributed by atoms with Crippen molar-refractivity contribution < 1.29 is 9.90 Å². The SMILES string of the molecule is Cc1csc(NC(=O)NCC(O)c2ccc(Cl)cc2)n1. The van der Waals surface area contributed by atoms with Gasteiger partial charge in [-0.25, -0.2) is 9.78 Å². The molecule has 5 nitrogen and oxygen atoms in total. The van der Waals surface area contributed by atoms with Crippen LogP contribution < -0.4 is 10.6 Å². The number of nitrogens with zero attached hydrogens (tertiary/aromatic N) is 1. The lowest BCUT2D eigenvalue weighted by molar-refractivity contribution is 0.175. The van der Waals surface area contributed by atoms with Gasteiger partial charge in [-0.2, -0.15) is 0 Å². The molecule has 1 aromatic carbocycles. The van der Waals surface area contributed by atoms with Gasteiger partial charge in [0, 0.05) is 16.9 Å². The fourth-order valence-electron chi connectivity index (χ4n) is 1.54. The quantitative estimate of drug-likeness (QED) is 0.812. The predicted molar refractivity (Wildman–Crippen MR) is 80.3 cm³/mol.